The number of hydrogen-bond donors (Lipinski definition) is 1. The van der Waals surface area contributed by atoms with Gasteiger partial charge in [-0.1, -0.05) is 20.8 Å². The lowest BCUT2D eigenvalue weighted by Crippen LogP contribution is -2.32. The highest BCUT2D eigenvalue weighted by atomic mass is 16.5. The van der Waals surface area contributed by atoms with Crippen molar-refractivity contribution in [2.45, 2.75) is 58.8 Å². The van der Waals surface area contributed by atoms with Crippen LogP contribution in [0.2, 0.25) is 0 Å². The normalized spacial score (nSPS) is 35.0. The second kappa shape index (κ2) is 6.88. The lowest BCUT2D eigenvalue weighted by molar-refractivity contribution is -0.0589. The molecule has 2 heterocycles. The van der Waals surface area contributed by atoms with Crippen LogP contribution in [-0.2, 0) is 9.47 Å². The van der Waals surface area contributed by atoms with Gasteiger partial charge in [0.2, 0.25) is 0 Å². The molecule has 0 aromatic heterocycles. The smallest absolute Gasteiger partial charge is 0.108 e. The molecule has 2 aliphatic rings. The van der Waals surface area contributed by atoms with Gasteiger partial charge in [-0.05, 0) is 37.5 Å². The molecule has 2 rings (SSSR count). The molecule has 18 heavy (non-hydrogen) atoms. The van der Waals surface area contributed by atoms with E-state index in [1.807, 2.05) is 0 Å². The number of nitrogens with one attached hydrogen (secondary N) is 1. The summed E-state index contributed by atoms with van der Waals surface area (Å²) in [6, 6.07) is 0. The van der Waals surface area contributed by atoms with Gasteiger partial charge in [0, 0.05) is 19.1 Å². The quantitative estimate of drug-likeness (QED) is 0.819. The minimum absolute atomic E-state index is 0.267. The van der Waals surface area contributed by atoms with Crippen LogP contribution in [0.5, 0.6) is 0 Å². The molecule has 0 saturated carbocycles. The van der Waals surface area contributed by atoms with E-state index in [0.717, 1.165) is 38.0 Å². The SMILES string of the molecule is CC(C)C1CNC(OCC(C)C2CCCCO2)C1. The fraction of sp³-hybridized carbons (Fsp3) is 1.00. The predicted molar refractivity (Wildman–Crippen MR) is 73.4 cm³/mol. The Kier molecular flexibility index (Phi) is 5.46. The fourth-order valence-electron chi connectivity index (χ4n) is 2.95. The molecule has 4 atom stereocenters. The van der Waals surface area contributed by atoms with Gasteiger partial charge in [0.25, 0.3) is 0 Å². The maximum Gasteiger partial charge on any atom is 0.108 e. The molecular formula is C15H29NO2. The molecule has 4 unspecified atom stereocenters. The summed E-state index contributed by atoms with van der Waals surface area (Å²) in [5, 5.41) is 3.48. The highest BCUT2D eigenvalue weighted by Gasteiger charge is 2.28. The Hall–Kier alpha value is -0.120. The summed E-state index contributed by atoms with van der Waals surface area (Å²) < 4.78 is 11.8. The number of hydrogen-bond acceptors (Lipinski definition) is 3. The van der Waals surface area contributed by atoms with E-state index in [-0.39, 0.29) is 6.23 Å². The van der Waals surface area contributed by atoms with E-state index in [2.05, 4.69) is 26.1 Å². The van der Waals surface area contributed by atoms with Crippen LogP contribution in [0, 0.1) is 17.8 Å². The summed E-state index contributed by atoms with van der Waals surface area (Å²) in [6.45, 7) is 9.72. The van der Waals surface area contributed by atoms with Gasteiger partial charge in [-0.3, -0.25) is 5.32 Å². The van der Waals surface area contributed by atoms with Crippen LogP contribution in [0.1, 0.15) is 46.5 Å². The molecule has 3 heteroatoms. The topological polar surface area (TPSA) is 30.5 Å². The van der Waals surface area contributed by atoms with E-state index in [1.54, 1.807) is 0 Å². The molecular weight excluding hydrogens is 226 g/mol. The standard InChI is InChI=1S/C15H29NO2/c1-11(2)13-8-15(16-9-13)18-10-12(3)14-6-4-5-7-17-14/h11-16H,4-10H2,1-3H3. The van der Waals surface area contributed by atoms with Crippen LogP contribution in [-0.4, -0.2) is 32.1 Å². The van der Waals surface area contributed by atoms with Crippen molar-refractivity contribution in [3.05, 3.63) is 0 Å². The van der Waals surface area contributed by atoms with Crippen molar-refractivity contribution in [3.63, 3.8) is 0 Å². The van der Waals surface area contributed by atoms with Gasteiger partial charge in [0.15, 0.2) is 0 Å². The second-order valence-corrected chi connectivity index (χ2v) is 6.35. The van der Waals surface area contributed by atoms with Gasteiger partial charge >= 0.3 is 0 Å². The third-order valence-corrected chi connectivity index (χ3v) is 4.48. The first-order valence-electron chi connectivity index (χ1n) is 7.63. The monoisotopic (exact) mass is 255 g/mol. The third kappa shape index (κ3) is 3.94. The molecule has 3 nitrogen and oxygen atoms in total. The fourth-order valence-corrected chi connectivity index (χ4v) is 2.95. The van der Waals surface area contributed by atoms with Gasteiger partial charge < -0.3 is 9.47 Å². The second-order valence-electron chi connectivity index (χ2n) is 6.35. The summed E-state index contributed by atoms with van der Waals surface area (Å²) in [5.74, 6) is 2.05. The Labute approximate surface area is 112 Å². The maximum absolute atomic E-state index is 6.01. The Morgan fingerprint density at radius 3 is 2.72 bits per heavy atom. The van der Waals surface area contributed by atoms with Crippen LogP contribution in [0.3, 0.4) is 0 Å². The van der Waals surface area contributed by atoms with Crippen LogP contribution in [0.25, 0.3) is 0 Å². The molecule has 2 saturated heterocycles. The molecule has 2 fully saturated rings. The molecule has 2 aliphatic heterocycles. The van der Waals surface area contributed by atoms with Gasteiger partial charge in [0.05, 0.1) is 12.7 Å². The Morgan fingerprint density at radius 2 is 2.11 bits per heavy atom. The zero-order valence-electron chi connectivity index (χ0n) is 12.2. The van der Waals surface area contributed by atoms with Crippen molar-refractivity contribution in [2.24, 2.45) is 17.8 Å². The van der Waals surface area contributed by atoms with E-state index < -0.39 is 0 Å². The molecule has 0 amide bonds. The minimum atomic E-state index is 0.267. The van der Waals surface area contributed by atoms with Crippen LogP contribution in [0.4, 0.5) is 0 Å². The van der Waals surface area contributed by atoms with Crippen LogP contribution in [0.15, 0.2) is 0 Å². The average molecular weight is 255 g/mol. The van der Waals surface area contributed by atoms with Crippen molar-refractivity contribution < 1.29 is 9.47 Å². The first-order valence-corrected chi connectivity index (χ1v) is 7.63. The highest BCUT2D eigenvalue weighted by Crippen LogP contribution is 2.24. The Balaban J connectivity index is 1.65. The summed E-state index contributed by atoms with van der Waals surface area (Å²) in [5.41, 5.74) is 0. The third-order valence-electron chi connectivity index (χ3n) is 4.48. The van der Waals surface area contributed by atoms with E-state index >= 15 is 0 Å². The molecule has 0 aliphatic carbocycles. The summed E-state index contributed by atoms with van der Waals surface area (Å²) in [4.78, 5) is 0. The molecule has 106 valence electrons. The minimum Gasteiger partial charge on any atom is -0.378 e. The van der Waals surface area contributed by atoms with E-state index in [4.69, 9.17) is 9.47 Å². The van der Waals surface area contributed by atoms with E-state index in [9.17, 15) is 0 Å². The molecule has 1 N–H and O–H groups in total. The molecule has 0 radical (unpaired) electrons. The first-order chi connectivity index (χ1) is 8.66. The molecule has 0 bridgehead atoms. The van der Waals surface area contributed by atoms with Gasteiger partial charge in [-0.2, -0.15) is 0 Å². The molecule has 0 aromatic carbocycles. The average Bonchev–Trinajstić information content (AvgIpc) is 2.86. The highest BCUT2D eigenvalue weighted by molar-refractivity contribution is 4.78. The zero-order valence-corrected chi connectivity index (χ0v) is 12.2. The van der Waals surface area contributed by atoms with E-state index in [1.165, 1.54) is 19.3 Å². The maximum atomic E-state index is 6.01. The van der Waals surface area contributed by atoms with Crippen LogP contribution >= 0.6 is 0 Å². The zero-order chi connectivity index (χ0) is 13.0. The van der Waals surface area contributed by atoms with Gasteiger partial charge in [-0.15, -0.1) is 0 Å². The largest absolute Gasteiger partial charge is 0.378 e. The summed E-state index contributed by atoms with van der Waals surface area (Å²) >= 11 is 0. The van der Waals surface area contributed by atoms with Gasteiger partial charge in [0.1, 0.15) is 6.23 Å². The first kappa shape index (κ1) is 14.3. The van der Waals surface area contributed by atoms with Gasteiger partial charge in [-0.25, -0.2) is 0 Å². The predicted octanol–water partition coefficient (Wildman–Crippen LogP) is 2.80. The Morgan fingerprint density at radius 1 is 1.28 bits per heavy atom. The lowest BCUT2D eigenvalue weighted by Gasteiger charge is -2.28. The van der Waals surface area contributed by atoms with Crippen LogP contribution < -0.4 is 5.32 Å². The van der Waals surface area contributed by atoms with Crippen molar-refractivity contribution in [3.8, 4) is 0 Å². The summed E-state index contributed by atoms with van der Waals surface area (Å²) in [7, 11) is 0. The lowest BCUT2D eigenvalue weighted by atomic mass is 9.95. The van der Waals surface area contributed by atoms with Crippen molar-refractivity contribution in [1.29, 1.82) is 0 Å². The molecule has 0 spiro atoms. The van der Waals surface area contributed by atoms with E-state index in [0.29, 0.717) is 12.0 Å². The molecule has 0 aromatic rings. The van der Waals surface area contributed by atoms with Crippen molar-refractivity contribution in [2.75, 3.05) is 19.8 Å². The number of ether oxygens (including phenoxy) is 2. The Bertz CT molecular complexity index is 239. The van der Waals surface area contributed by atoms with Crippen molar-refractivity contribution in [1.82, 2.24) is 5.32 Å². The van der Waals surface area contributed by atoms with Crippen molar-refractivity contribution >= 4 is 0 Å². The number of rotatable bonds is 5. The summed E-state index contributed by atoms with van der Waals surface area (Å²) in [6.07, 6.45) is 5.59.